The summed E-state index contributed by atoms with van der Waals surface area (Å²) in [5, 5.41) is 14.8. The zero-order valence-corrected chi connectivity index (χ0v) is 11.2. The Bertz CT molecular complexity index is 488. The molecule has 0 aliphatic carbocycles. The van der Waals surface area contributed by atoms with Crippen LogP contribution in [0.15, 0.2) is 18.2 Å². The zero-order chi connectivity index (χ0) is 12.9. The minimum atomic E-state index is -0.695. The summed E-state index contributed by atoms with van der Waals surface area (Å²) in [5.41, 5.74) is 1.60. The summed E-state index contributed by atoms with van der Waals surface area (Å²) < 4.78 is 5.88. The Hall–Kier alpha value is -1.06. The van der Waals surface area contributed by atoms with E-state index in [4.69, 9.17) is 4.74 Å². The first kappa shape index (κ1) is 11.7. The maximum absolute atomic E-state index is 11.2. The molecular weight excluding hydrogens is 238 g/mol. The number of aryl methyl sites for hydroxylation is 1. The molecule has 2 saturated heterocycles. The molecule has 3 aliphatic rings. The van der Waals surface area contributed by atoms with Crippen molar-refractivity contribution >= 4 is 0 Å². The molecule has 0 amide bonds. The third-order valence-electron chi connectivity index (χ3n) is 4.94. The normalized spacial score (nSPS) is 36.7. The van der Waals surface area contributed by atoms with Crippen molar-refractivity contribution in [2.45, 2.75) is 56.2 Å². The average Bonchev–Trinajstić information content (AvgIpc) is 2.78. The van der Waals surface area contributed by atoms with Crippen molar-refractivity contribution in [2.24, 2.45) is 0 Å². The van der Waals surface area contributed by atoms with E-state index in [1.54, 1.807) is 0 Å². The lowest BCUT2D eigenvalue weighted by atomic mass is 9.80. The zero-order valence-electron chi connectivity index (χ0n) is 11.2. The highest BCUT2D eigenvalue weighted by atomic mass is 16.5. The largest absolute Gasteiger partial charge is 0.493 e. The van der Waals surface area contributed by atoms with E-state index in [0.29, 0.717) is 12.1 Å². The second-order valence-electron chi connectivity index (χ2n) is 6.32. The fraction of sp³-hybridized carbons (Fsp3) is 0.625. The SMILES string of the molecule is OC1(c2cccc3c2OCCC3)CC2CCC(C1)N2. The van der Waals surface area contributed by atoms with Crippen molar-refractivity contribution in [3.63, 3.8) is 0 Å². The average molecular weight is 259 g/mol. The summed E-state index contributed by atoms with van der Waals surface area (Å²) >= 11 is 0. The minimum absolute atomic E-state index is 0.475. The highest BCUT2D eigenvalue weighted by Crippen LogP contribution is 2.45. The van der Waals surface area contributed by atoms with Gasteiger partial charge in [-0.25, -0.2) is 0 Å². The molecule has 3 heterocycles. The second kappa shape index (κ2) is 4.22. The van der Waals surface area contributed by atoms with Crippen molar-refractivity contribution < 1.29 is 9.84 Å². The van der Waals surface area contributed by atoms with E-state index in [1.165, 1.54) is 18.4 Å². The molecule has 3 heteroatoms. The first-order valence-corrected chi connectivity index (χ1v) is 7.48. The summed E-state index contributed by atoms with van der Waals surface area (Å²) in [6.07, 6.45) is 6.20. The Morgan fingerprint density at radius 3 is 2.79 bits per heavy atom. The predicted octanol–water partition coefficient (Wildman–Crippen LogP) is 2.11. The maximum Gasteiger partial charge on any atom is 0.128 e. The lowest BCUT2D eigenvalue weighted by molar-refractivity contribution is -0.0140. The topological polar surface area (TPSA) is 41.5 Å². The lowest BCUT2D eigenvalue weighted by Crippen LogP contribution is -2.47. The Morgan fingerprint density at radius 1 is 1.21 bits per heavy atom. The summed E-state index contributed by atoms with van der Waals surface area (Å²) in [7, 11) is 0. The number of ether oxygens (including phenoxy) is 1. The van der Waals surface area contributed by atoms with Gasteiger partial charge in [-0.2, -0.15) is 0 Å². The number of hydrogen-bond acceptors (Lipinski definition) is 3. The molecule has 2 atom stereocenters. The molecule has 2 N–H and O–H groups in total. The fourth-order valence-corrected chi connectivity index (χ4v) is 4.10. The first-order chi connectivity index (χ1) is 9.24. The number of aliphatic hydroxyl groups is 1. The molecule has 2 bridgehead atoms. The number of piperidine rings is 1. The Balaban J connectivity index is 1.75. The standard InChI is InChI=1S/C16H21NO2/c18-16(9-12-6-7-13(10-16)17-12)14-5-1-3-11-4-2-8-19-15(11)14/h1,3,5,12-13,17-18H,2,4,6-10H2. The van der Waals surface area contributed by atoms with Crippen LogP contribution in [0, 0.1) is 0 Å². The Morgan fingerprint density at radius 2 is 2.00 bits per heavy atom. The fourth-order valence-electron chi connectivity index (χ4n) is 4.10. The maximum atomic E-state index is 11.2. The Labute approximate surface area is 114 Å². The van der Waals surface area contributed by atoms with Crippen molar-refractivity contribution in [1.29, 1.82) is 0 Å². The molecule has 4 rings (SSSR count). The van der Waals surface area contributed by atoms with Gasteiger partial charge in [0.2, 0.25) is 0 Å². The van der Waals surface area contributed by atoms with Gasteiger partial charge in [-0.05, 0) is 44.1 Å². The molecule has 19 heavy (non-hydrogen) atoms. The monoisotopic (exact) mass is 259 g/mol. The van der Waals surface area contributed by atoms with Gasteiger partial charge < -0.3 is 15.2 Å². The van der Waals surface area contributed by atoms with Gasteiger partial charge in [0.05, 0.1) is 12.2 Å². The molecule has 2 unspecified atom stereocenters. The van der Waals surface area contributed by atoms with Crippen molar-refractivity contribution in [3.05, 3.63) is 29.3 Å². The number of hydrogen-bond donors (Lipinski definition) is 2. The van der Waals surface area contributed by atoms with Gasteiger partial charge in [0.15, 0.2) is 0 Å². The van der Waals surface area contributed by atoms with E-state index in [1.807, 2.05) is 0 Å². The van der Waals surface area contributed by atoms with Crippen LogP contribution in [-0.4, -0.2) is 23.8 Å². The first-order valence-electron chi connectivity index (χ1n) is 7.48. The van der Waals surface area contributed by atoms with Crippen molar-refractivity contribution in [2.75, 3.05) is 6.61 Å². The van der Waals surface area contributed by atoms with Crippen LogP contribution >= 0.6 is 0 Å². The quantitative estimate of drug-likeness (QED) is 0.811. The molecule has 0 aromatic heterocycles. The van der Waals surface area contributed by atoms with Gasteiger partial charge in [0.25, 0.3) is 0 Å². The molecule has 3 nitrogen and oxygen atoms in total. The second-order valence-corrected chi connectivity index (χ2v) is 6.32. The smallest absolute Gasteiger partial charge is 0.128 e. The number of benzene rings is 1. The van der Waals surface area contributed by atoms with E-state index in [2.05, 4.69) is 23.5 Å². The van der Waals surface area contributed by atoms with E-state index in [-0.39, 0.29) is 0 Å². The third kappa shape index (κ3) is 1.87. The van der Waals surface area contributed by atoms with Crippen LogP contribution < -0.4 is 10.1 Å². The molecule has 1 aromatic carbocycles. The van der Waals surface area contributed by atoms with Gasteiger partial charge in [0, 0.05) is 17.6 Å². The van der Waals surface area contributed by atoms with Crippen LogP contribution in [0.2, 0.25) is 0 Å². The molecule has 0 spiro atoms. The van der Waals surface area contributed by atoms with Crippen LogP contribution in [0.3, 0.4) is 0 Å². The number of nitrogens with one attached hydrogen (secondary N) is 1. The van der Waals surface area contributed by atoms with E-state index in [9.17, 15) is 5.11 Å². The van der Waals surface area contributed by atoms with Gasteiger partial charge in [-0.15, -0.1) is 0 Å². The summed E-state index contributed by atoms with van der Waals surface area (Å²) in [5.74, 6) is 0.970. The third-order valence-corrected chi connectivity index (χ3v) is 4.94. The van der Waals surface area contributed by atoms with Crippen LogP contribution in [0.5, 0.6) is 5.75 Å². The Kier molecular flexibility index (Phi) is 2.61. The molecule has 0 radical (unpaired) electrons. The molecule has 1 aromatic rings. The van der Waals surface area contributed by atoms with Gasteiger partial charge in [0.1, 0.15) is 5.75 Å². The lowest BCUT2D eigenvalue weighted by Gasteiger charge is -2.39. The van der Waals surface area contributed by atoms with Crippen LogP contribution in [0.4, 0.5) is 0 Å². The molecular formula is C16H21NO2. The predicted molar refractivity (Wildman–Crippen MR) is 73.3 cm³/mol. The molecule has 0 saturated carbocycles. The van der Waals surface area contributed by atoms with E-state index in [0.717, 1.165) is 43.6 Å². The van der Waals surface area contributed by atoms with Crippen molar-refractivity contribution in [1.82, 2.24) is 5.32 Å². The molecule has 2 fully saturated rings. The molecule has 3 aliphatic heterocycles. The van der Waals surface area contributed by atoms with Crippen LogP contribution in [0.1, 0.15) is 43.2 Å². The summed E-state index contributed by atoms with van der Waals surface area (Å²) in [4.78, 5) is 0. The van der Waals surface area contributed by atoms with Crippen LogP contribution in [0.25, 0.3) is 0 Å². The number of fused-ring (bicyclic) bond motifs is 3. The van der Waals surface area contributed by atoms with Crippen LogP contribution in [-0.2, 0) is 12.0 Å². The highest BCUT2D eigenvalue weighted by Gasteiger charge is 2.45. The number of para-hydroxylation sites is 1. The molecule has 102 valence electrons. The number of rotatable bonds is 1. The summed E-state index contributed by atoms with van der Waals surface area (Å²) in [6.45, 7) is 0.783. The van der Waals surface area contributed by atoms with Gasteiger partial charge in [-0.3, -0.25) is 0 Å². The van der Waals surface area contributed by atoms with Gasteiger partial charge >= 0.3 is 0 Å². The summed E-state index contributed by atoms with van der Waals surface area (Å²) in [6, 6.07) is 7.22. The van der Waals surface area contributed by atoms with E-state index < -0.39 is 5.60 Å². The highest BCUT2D eigenvalue weighted by molar-refractivity contribution is 5.46. The van der Waals surface area contributed by atoms with Gasteiger partial charge in [-0.1, -0.05) is 18.2 Å². The van der Waals surface area contributed by atoms with Crippen molar-refractivity contribution in [3.8, 4) is 5.75 Å². The van der Waals surface area contributed by atoms with E-state index >= 15 is 0 Å². The minimum Gasteiger partial charge on any atom is -0.493 e.